The van der Waals surface area contributed by atoms with Crippen molar-refractivity contribution in [2.45, 2.75) is 51.0 Å². The van der Waals surface area contributed by atoms with Gasteiger partial charge in [0.15, 0.2) is 0 Å². The van der Waals surface area contributed by atoms with Crippen molar-refractivity contribution in [3.05, 3.63) is 29.6 Å². The van der Waals surface area contributed by atoms with Crippen LogP contribution in [-0.2, 0) is 4.79 Å². The molecule has 1 unspecified atom stereocenters. The number of hydrogen-bond donors (Lipinski definition) is 1. The van der Waals surface area contributed by atoms with Gasteiger partial charge in [-0.3, -0.25) is 4.79 Å². The second-order valence-electron chi connectivity index (χ2n) is 8.54. The van der Waals surface area contributed by atoms with Gasteiger partial charge in [0.1, 0.15) is 11.6 Å². The Morgan fingerprint density at radius 1 is 1.12 bits per heavy atom. The molecule has 1 aromatic rings. The van der Waals surface area contributed by atoms with Crippen LogP contribution >= 0.6 is 0 Å². The Labute approximate surface area is 142 Å². The SMILES string of the molecule is O=C(NC1CCOc2ccc(F)cc21)C12CC3CC(CC(C3)C1)C2. The Morgan fingerprint density at radius 3 is 2.46 bits per heavy atom. The third kappa shape index (κ3) is 2.26. The standard InChI is InChI=1S/C20H24FNO2/c21-15-1-2-18-16(8-15)17(3-4-24-18)22-19(23)20-9-12-5-13(10-20)7-14(6-12)11-20/h1-2,8,12-14,17H,3-7,9-11H2,(H,22,23). The molecule has 3 nitrogen and oxygen atoms in total. The van der Waals surface area contributed by atoms with E-state index in [1.54, 1.807) is 6.07 Å². The number of carbonyl (C=O) groups is 1. The first-order valence-electron chi connectivity index (χ1n) is 9.34. The molecule has 0 spiro atoms. The van der Waals surface area contributed by atoms with E-state index in [-0.39, 0.29) is 23.2 Å². The molecule has 1 heterocycles. The highest BCUT2D eigenvalue weighted by molar-refractivity contribution is 5.83. The van der Waals surface area contributed by atoms with E-state index in [9.17, 15) is 9.18 Å². The van der Waals surface area contributed by atoms with Gasteiger partial charge in [-0.15, -0.1) is 0 Å². The fourth-order valence-electron chi connectivity index (χ4n) is 6.22. The molecule has 0 radical (unpaired) electrons. The number of fused-ring (bicyclic) bond motifs is 1. The van der Waals surface area contributed by atoms with E-state index in [2.05, 4.69) is 5.32 Å². The van der Waals surface area contributed by atoms with Crippen LogP contribution in [0.2, 0.25) is 0 Å². The zero-order valence-electron chi connectivity index (χ0n) is 13.9. The smallest absolute Gasteiger partial charge is 0.226 e. The van der Waals surface area contributed by atoms with Crippen molar-refractivity contribution in [3.63, 3.8) is 0 Å². The molecule has 1 N–H and O–H groups in total. The van der Waals surface area contributed by atoms with Crippen LogP contribution in [-0.4, -0.2) is 12.5 Å². The normalized spacial score (nSPS) is 39.2. The summed E-state index contributed by atoms with van der Waals surface area (Å²) in [6, 6.07) is 4.49. The van der Waals surface area contributed by atoms with Crippen LogP contribution in [0.1, 0.15) is 56.6 Å². The highest BCUT2D eigenvalue weighted by atomic mass is 19.1. The van der Waals surface area contributed by atoms with Crippen molar-refractivity contribution in [2.24, 2.45) is 23.2 Å². The first kappa shape index (κ1) is 14.7. The molecule has 1 aliphatic heterocycles. The molecule has 4 bridgehead atoms. The van der Waals surface area contributed by atoms with Crippen LogP contribution in [0.5, 0.6) is 5.75 Å². The maximum Gasteiger partial charge on any atom is 0.226 e. The van der Waals surface area contributed by atoms with Gasteiger partial charge in [0.2, 0.25) is 5.91 Å². The molecule has 0 saturated heterocycles. The molecule has 0 aromatic heterocycles. The predicted molar refractivity (Wildman–Crippen MR) is 88.0 cm³/mol. The lowest BCUT2D eigenvalue weighted by Gasteiger charge is -2.56. The molecule has 1 atom stereocenters. The van der Waals surface area contributed by atoms with E-state index >= 15 is 0 Å². The highest BCUT2D eigenvalue weighted by Gasteiger charge is 2.54. The molecule has 4 fully saturated rings. The van der Waals surface area contributed by atoms with Crippen molar-refractivity contribution in [1.82, 2.24) is 5.32 Å². The van der Waals surface area contributed by atoms with Crippen molar-refractivity contribution in [1.29, 1.82) is 0 Å². The fourth-order valence-corrected chi connectivity index (χ4v) is 6.22. The molecule has 1 aromatic carbocycles. The van der Waals surface area contributed by atoms with E-state index in [1.165, 1.54) is 31.4 Å². The fraction of sp³-hybridized carbons (Fsp3) is 0.650. The molecule has 4 heteroatoms. The number of carbonyl (C=O) groups excluding carboxylic acids is 1. The number of rotatable bonds is 2. The number of benzene rings is 1. The average molecular weight is 329 g/mol. The molecule has 4 saturated carbocycles. The van der Waals surface area contributed by atoms with Gasteiger partial charge in [0.25, 0.3) is 0 Å². The largest absolute Gasteiger partial charge is 0.493 e. The number of nitrogens with one attached hydrogen (secondary N) is 1. The van der Waals surface area contributed by atoms with Crippen molar-refractivity contribution in [3.8, 4) is 5.75 Å². The number of ether oxygens (including phenoxy) is 1. The van der Waals surface area contributed by atoms with Crippen LogP contribution in [0.3, 0.4) is 0 Å². The molecular weight excluding hydrogens is 305 g/mol. The third-order valence-electron chi connectivity index (χ3n) is 6.84. The summed E-state index contributed by atoms with van der Waals surface area (Å²) < 4.78 is 19.3. The van der Waals surface area contributed by atoms with Crippen molar-refractivity contribution >= 4 is 5.91 Å². The summed E-state index contributed by atoms with van der Waals surface area (Å²) in [6.07, 6.45) is 7.89. The first-order chi connectivity index (χ1) is 11.6. The van der Waals surface area contributed by atoms with Gasteiger partial charge in [-0.2, -0.15) is 0 Å². The Bertz CT molecular complexity index is 651. The van der Waals surface area contributed by atoms with Gasteiger partial charge in [-0.05, 0) is 74.5 Å². The summed E-state index contributed by atoms with van der Waals surface area (Å²) >= 11 is 0. The van der Waals surface area contributed by atoms with Gasteiger partial charge in [-0.25, -0.2) is 4.39 Å². The monoisotopic (exact) mass is 329 g/mol. The molecule has 128 valence electrons. The minimum absolute atomic E-state index is 0.120. The van der Waals surface area contributed by atoms with E-state index in [1.807, 2.05) is 0 Å². The van der Waals surface area contributed by atoms with Gasteiger partial charge in [-0.1, -0.05) is 0 Å². The molecule has 24 heavy (non-hydrogen) atoms. The Hall–Kier alpha value is -1.58. The molecule has 1 amide bonds. The van der Waals surface area contributed by atoms with Crippen LogP contribution < -0.4 is 10.1 Å². The van der Waals surface area contributed by atoms with Crippen molar-refractivity contribution < 1.29 is 13.9 Å². The summed E-state index contributed by atoms with van der Waals surface area (Å²) in [5.74, 6) is 2.90. The van der Waals surface area contributed by atoms with Crippen molar-refractivity contribution in [2.75, 3.05) is 6.61 Å². The van der Waals surface area contributed by atoms with Gasteiger partial charge in [0.05, 0.1) is 12.6 Å². The highest BCUT2D eigenvalue weighted by Crippen LogP contribution is 2.60. The predicted octanol–water partition coefficient (Wildman–Crippen LogP) is 3.98. The average Bonchev–Trinajstić information content (AvgIpc) is 2.54. The maximum absolute atomic E-state index is 13.7. The first-order valence-corrected chi connectivity index (χ1v) is 9.34. The lowest BCUT2D eigenvalue weighted by atomic mass is 9.49. The van der Waals surface area contributed by atoms with E-state index in [4.69, 9.17) is 4.74 Å². The van der Waals surface area contributed by atoms with E-state index in [0.29, 0.717) is 18.8 Å². The second-order valence-corrected chi connectivity index (χ2v) is 8.54. The summed E-state index contributed by atoms with van der Waals surface area (Å²) in [7, 11) is 0. The Morgan fingerprint density at radius 2 is 1.79 bits per heavy atom. The quantitative estimate of drug-likeness (QED) is 0.891. The molecule has 6 rings (SSSR count). The third-order valence-corrected chi connectivity index (χ3v) is 6.84. The molecule has 5 aliphatic rings. The number of hydrogen-bond acceptors (Lipinski definition) is 2. The maximum atomic E-state index is 13.7. The minimum Gasteiger partial charge on any atom is -0.493 e. The van der Waals surface area contributed by atoms with Gasteiger partial charge >= 0.3 is 0 Å². The second kappa shape index (κ2) is 5.21. The van der Waals surface area contributed by atoms with Gasteiger partial charge < -0.3 is 10.1 Å². The lowest BCUT2D eigenvalue weighted by molar-refractivity contribution is -0.147. The summed E-state index contributed by atoms with van der Waals surface area (Å²) in [4.78, 5) is 13.2. The number of halogens is 1. The molecular formula is C20H24FNO2. The topological polar surface area (TPSA) is 38.3 Å². The zero-order valence-corrected chi connectivity index (χ0v) is 13.9. The summed E-state index contributed by atoms with van der Waals surface area (Å²) in [5.41, 5.74) is 0.639. The molecule has 4 aliphatic carbocycles. The summed E-state index contributed by atoms with van der Waals surface area (Å²) in [5, 5.41) is 3.27. The lowest BCUT2D eigenvalue weighted by Crippen LogP contribution is -2.54. The summed E-state index contributed by atoms with van der Waals surface area (Å²) in [6.45, 7) is 0.574. The van der Waals surface area contributed by atoms with E-state index in [0.717, 1.165) is 42.6 Å². The zero-order chi connectivity index (χ0) is 16.3. The van der Waals surface area contributed by atoms with E-state index < -0.39 is 0 Å². The minimum atomic E-state index is -0.270. The van der Waals surface area contributed by atoms with Crippen LogP contribution in [0.4, 0.5) is 4.39 Å². The van der Waals surface area contributed by atoms with Gasteiger partial charge in [0, 0.05) is 17.4 Å². The van der Waals surface area contributed by atoms with Crippen LogP contribution in [0.15, 0.2) is 18.2 Å². The Kier molecular flexibility index (Phi) is 3.20. The number of amides is 1. The Balaban J connectivity index is 1.39. The van der Waals surface area contributed by atoms with Crippen LogP contribution in [0.25, 0.3) is 0 Å². The van der Waals surface area contributed by atoms with Crippen LogP contribution in [0, 0.1) is 29.0 Å².